The molecule has 3 heterocycles. The van der Waals surface area contributed by atoms with Gasteiger partial charge in [0.05, 0.1) is 42.8 Å². The van der Waals surface area contributed by atoms with E-state index in [0.717, 1.165) is 4.88 Å². The third-order valence-corrected chi connectivity index (χ3v) is 3.94. The Hall–Kier alpha value is -2.88. The second-order valence-electron chi connectivity index (χ2n) is 4.59. The molecule has 24 heavy (non-hydrogen) atoms. The summed E-state index contributed by atoms with van der Waals surface area (Å²) < 4.78 is 5.33. The summed E-state index contributed by atoms with van der Waals surface area (Å²) in [6.45, 7) is 3.31. The normalized spacial score (nSPS) is 10.5. The van der Waals surface area contributed by atoms with E-state index in [0.29, 0.717) is 36.3 Å². The SMILES string of the molecule is CCOc1cncc(-c2cnc(C(=O)NCCn3nccn3)s2)n1. The predicted octanol–water partition coefficient (Wildman–Crippen LogP) is 1.02. The molecule has 0 aliphatic heterocycles. The number of carbonyl (C=O) groups excluding carboxylic acids is 1. The van der Waals surface area contributed by atoms with Gasteiger partial charge in [0.15, 0.2) is 5.01 Å². The monoisotopic (exact) mass is 345 g/mol. The smallest absolute Gasteiger partial charge is 0.280 e. The second-order valence-corrected chi connectivity index (χ2v) is 5.62. The van der Waals surface area contributed by atoms with Gasteiger partial charge in [0, 0.05) is 12.7 Å². The topological polar surface area (TPSA) is 108 Å². The van der Waals surface area contributed by atoms with Gasteiger partial charge in [-0.15, -0.1) is 11.3 Å². The van der Waals surface area contributed by atoms with Gasteiger partial charge in [0.25, 0.3) is 5.91 Å². The zero-order valence-corrected chi connectivity index (χ0v) is 13.7. The first kappa shape index (κ1) is 16.0. The van der Waals surface area contributed by atoms with Crippen molar-refractivity contribution >= 4 is 17.2 Å². The molecule has 0 unspecified atom stereocenters. The molecular formula is C14H15N7O2S. The summed E-state index contributed by atoms with van der Waals surface area (Å²) in [6.07, 6.45) is 7.94. The van der Waals surface area contributed by atoms with Gasteiger partial charge in [-0.25, -0.2) is 9.97 Å². The predicted molar refractivity (Wildman–Crippen MR) is 86.7 cm³/mol. The van der Waals surface area contributed by atoms with E-state index in [-0.39, 0.29) is 5.91 Å². The molecule has 124 valence electrons. The zero-order chi connectivity index (χ0) is 16.8. The van der Waals surface area contributed by atoms with E-state index >= 15 is 0 Å². The van der Waals surface area contributed by atoms with E-state index in [9.17, 15) is 4.79 Å². The quantitative estimate of drug-likeness (QED) is 0.681. The van der Waals surface area contributed by atoms with Crippen LogP contribution in [-0.2, 0) is 6.54 Å². The summed E-state index contributed by atoms with van der Waals surface area (Å²) in [6, 6.07) is 0. The molecule has 0 saturated heterocycles. The Labute approximate surface area is 141 Å². The molecular weight excluding hydrogens is 330 g/mol. The molecule has 3 rings (SSSR count). The summed E-state index contributed by atoms with van der Waals surface area (Å²) in [5, 5.41) is 11.1. The zero-order valence-electron chi connectivity index (χ0n) is 12.9. The molecule has 3 aromatic heterocycles. The van der Waals surface area contributed by atoms with Crippen LogP contribution in [0.25, 0.3) is 10.6 Å². The lowest BCUT2D eigenvalue weighted by Gasteiger charge is -2.02. The van der Waals surface area contributed by atoms with Gasteiger partial charge in [0.2, 0.25) is 5.88 Å². The first-order valence-corrected chi connectivity index (χ1v) is 8.11. The first-order chi connectivity index (χ1) is 11.8. The molecule has 1 N–H and O–H groups in total. The fourth-order valence-electron chi connectivity index (χ4n) is 1.89. The number of rotatable bonds is 7. The Bertz CT molecular complexity index is 803. The Kier molecular flexibility index (Phi) is 5.06. The van der Waals surface area contributed by atoms with Crippen molar-refractivity contribution in [3.8, 4) is 16.5 Å². The molecule has 0 spiro atoms. The lowest BCUT2D eigenvalue weighted by atomic mass is 10.4. The van der Waals surface area contributed by atoms with Crippen molar-refractivity contribution in [2.75, 3.05) is 13.2 Å². The Balaban J connectivity index is 1.62. The molecule has 1 amide bonds. The summed E-state index contributed by atoms with van der Waals surface area (Å²) in [7, 11) is 0. The molecule has 0 aliphatic rings. The highest BCUT2D eigenvalue weighted by Crippen LogP contribution is 2.25. The Morgan fingerprint density at radius 2 is 2.12 bits per heavy atom. The van der Waals surface area contributed by atoms with Gasteiger partial charge in [-0.05, 0) is 6.92 Å². The number of ether oxygens (including phenoxy) is 1. The molecule has 9 nitrogen and oxygen atoms in total. The number of amides is 1. The molecule has 10 heteroatoms. The van der Waals surface area contributed by atoms with Gasteiger partial charge >= 0.3 is 0 Å². The van der Waals surface area contributed by atoms with Crippen LogP contribution >= 0.6 is 11.3 Å². The summed E-state index contributed by atoms with van der Waals surface area (Å²) in [5.41, 5.74) is 0.623. The van der Waals surface area contributed by atoms with Crippen molar-refractivity contribution in [3.05, 3.63) is 36.0 Å². The highest BCUT2D eigenvalue weighted by molar-refractivity contribution is 7.16. The number of nitrogens with one attached hydrogen (secondary N) is 1. The molecule has 0 aliphatic carbocycles. The molecule has 0 aromatic carbocycles. The molecule has 0 fully saturated rings. The summed E-state index contributed by atoms with van der Waals surface area (Å²) in [4.78, 5) is 26.9. The highest BCUT2D eigenvalue weighted by Gasteiger charge is 2.13. The van der Waals surface area contributed by atoms with Gasteiger partial charge < -0.3 is 10.1 Å². The number of aromatic nitrogens is 6. The number of carbonyl (C=O) groups is 1. The highest BCUT2D eigenvalue weighted by atomic mass is 32.1. The largest absolute Gasteiger partial charge is 0.477 e. The van der Waals surface area contributed by atoms with E-state index in [1.54, 1.807) is 31.0 Å². The maximum Gasteiger partial charge on any atom is 0.280 e. The standard InChI is InChI=1S/C14H15N7O2S/c1-2-23-12-9-15-7-10(20-12)11-8-17-14(24-11)13(22)16-5-6-21-18-3-4-19-21/h3-4,7-9H,2,5-6H2,1H3,(H,16,22). The maximum absolute atomic E-state index is 12.1. The summed E-state index contributed by atoms with van der Waals surface area (Å²) in [5.74, 6) is 0.202. The molecule has 0 atom stereocenters. The van der Waals surface area contributed by atoms with E-state index < -0.39 is 0 Å². The van der Waals surface area contributed by atoms with E-state index in [1.165, 1.54) is 16.1 Å². The maximum atomic E-state index is 12.1. The number of thiazole rings is 1. The van der Waals surface area contributed by atoms with Crippen LogP contribution in [0.3, 0.4) is 0 Å². The van der Waals surface area contributed by atoms with Gasteiger partial charge in [-0.2, -0.15) is 15.0 Å². The van der Waals surface area contributed by atoms with Gasteiger partial charge in [0.1, 0.15) is 5.69 Å². The van der Waals surface area contributed by atoms with Crippen molar-refractivity contribution < 1.29 is 9.53 Å². The van der Waals surface area contributed by atoms with Crippen molar-refractivity contribution in [2.45, 2.75) is 13.5 Å². The van der Waals surface area contributed by atoms with Crippen LogP contribution in [0.2, 0.25) is 0 Å². The Morgan fingerprint density at radius 3 is 2.92 bits per heavy atom. The first-order valence-electron chi connectivity index (χ1n) is 7.29. The van der Waals surface area contributed by atoms with Crippen LogP contribution in [0.5, 0.6) is 5.88 Å². The van der Waals surface area contributed by atoms with Crippen LogP contribution in [0, 0.1) is 0 Å². The third kappa shape index (κ3) is 3.90. The molecule has 0 radical (unpaired) electrons. The molecule has 0 bridgehead atoms. The van der Waals surface area contributed by atoms with E-state index in [4.69, 9.17) is 4.74 Å². The fraction of sp³-hybridized carbons (Fsp3) is 0.286. The number of nitrogens with zero attached hydrogens (tertiary/aromatic N) is 6. The Morgan fingerprint density at radius 1 is 1.29 bits per heavy atom. The summed E-state index contributed by atoms with van der Waals surface area (Å²) >= 11 is 1.25. The van der Waals surface area contributed by atoms with Gasteiger partial charge in [-0.1, -0.05) is 0 Å². The van der Waals surface area contributed by atoms with Crippen molar-refractivity contribution in [3.63, 3.8) is 0 Å². The molecule has 3 aromatic rings. The lowest BCUT2D eigenvalue weighted by Crippen LogP contribution is -2.27. The minimum absolute atomic E-state index is 0.243. The second kappa shape index (κ2) is 7.59. The minimum atomic E-state index is -0.243. The lowest BCUT2D eigenvalue weighted by molar-refractivity contribution is 0.0951. The van der Waals surface area contributed by atoms with Crippen LogP contribution < -0.4 is 10.1 Å². The minimum Gasteiger partial charge on any atom is -0.477 e. The third-order valence-electron chi connectivity index (χ3n) is 2.92. The van der Waals surface area contributed by atoms with Crippen molar-refractivity contribution in [1.82, 2.24) is 35.3 Å². The van der Waals surface area contributed by atoms with Crippen LogP contribution in [0.15, 0.2) is 31.0 Å². The van der Waals surface area contributed by atoms with Crippen LogP contribution in [0.1, 0.15) is 16.7 Å². The van der Waals surface area contributed by atoms with Crippen LogP contribution in [-0.4, -0.2) is 49.0 Å². The number of hydrogen-bond donors (Lipinski definition) is 1. The fourth-order valence-corrected chi connectivity index (χ4v) is 2.67. The molecule has 0 saturated carbocycles. The number of hydrogen-bond acceptors (Lipinski definition) is 8. The average Bonchev–Trinajstić information content (AvgIpc) is 3.27. The van der Waals surface area contributed by atoms with Crippen molar-refractivity contribution in [1.29, 1.82) is 0 Å². The van der Waals surface area contributed by atoms with E-state index in [2.05, 4.69) is 30.5 Å². The average molecular weight is 345 g/mol. The van der Waals surface area contributed by atoms with Crippen molar-refractivity contribution in [2.24, 2.45) is 0 Å². The van der Waals surface area contributed by atoms with E-state index in [1.807, 2.05) is 6.92 Å². The van der Waals surface area contributed by atoms with Crippen LogP contribution in [0.4, 0.5) is 0 Å². The van der Waals surface area contributed by atoms with Gasteiger partial charge in [-0.3, -0.25) is 9.78 Å².